The average molecular weight is 308 g/mol. The molecular weight excluding hydrogens is 292 g/mol. The number of nitrogens with one attached hydrogen (secondary N) is 1. The summed E-state index contributed by atoms with van der Waals surface area (Å²) in [7, 11) is 0. The van der Waals surface area contributed by atoms with Gasteiger partial charge >= 0.3 is 0 Å². The summed E-state index contributed by atoms with van der Waals surface area (Å²) in [5, 5.41) is 2.85. The van der Waals surface area contributed by atoms with Gasteiger partial charge in [0.25, 0.3) is 0 Å². The van der Waals surface area contributed by atoms with Gasteiger partial charge in [0.15, 0.2) is 0 Å². The molecule has 0 bridgehead atoms. The number of rotatable bonds is 3. The summed E-state index contributed by atoms with van der Waals surface area (Å²) in [6, 6.07) is 4.02. The van der Waals surface area contributed by atoms with Gasteiger partial charge in [0.1, 0.15) is 5.82 Å². The first-order chi connectivity index (χ1) is 8.54. The van der Waals surface area contributed by atoms with Gasteiger partial charge in [-0.05, 0) is 24.6 Å². The molecule has 7 heteroatoms. The minimum atomic E-state index is -0.427. The predicted octanol–water partition coefficient (Wildman–Crippen LogP) is 1.87. The second-order valence-electron chi connectivity index (χ2n) is 4.46. The lowest BCUT2D eigenvalue weighted by atomic mass is 10.3. The summed E-state index contributed by atoms with van der Waals surface area (Å²) in [6.07, 6.45) is 0.907. The Morgan fingerprint density at radius 3 is 2.89 bits per heavy atom. The van der Waals surface area contributed by atoms with Gasteiger partial charge in [-0.1, -0.05) is 11.6 Å². The van der Waals surface area contributed by atoms with Crippen molar-refractivity contribution in [3.8, 4) is 0 Å². The van der Waals surface area contributed by atoms with Gasteiger partial charge in [-0.2, -0.15) is 0 Å². The van der Waals surface area contributed by atoms with Crippen LogP contribution in [0.2, 0.25) is 5.02 Å². The number of nitrogens with zero attached hydrogens (tertiary/aromatic N) is 1. The van der Waals surface area contributed by atoms with Crippen molar-refractivity contribution in [2.75, 3.05) is 25.0 Å². The lowest BCUT2D eigenvalue weighted by molar-refractivity contribution is -0.117. The summed E-state index contributed by atoms with van der Waals surface area (Å²) in [5.74, 6) is -0.596. The van der Waals surface area contributed by atoms with E-state index in [0.717, 1.165) is 19.5 Å². The maximum absolute atomic E-state index is 12.8. The summed E-state index contributed by atoms with van der Waals surface area (Å²) in [4.78, 5) is 13.7. The molecule has 4 nitrogen and oxygen atoms in total. The lowest BCUT2D eigenvalue weighted by Crippen LogP contribution is -2.33. The zero-order valence-electron chi connectivity index (χ0n) is 10.2. The van der Waals surface area contributed by atoms with Gasteiger partial charge in [-0.3, -0.25) is 9.69 Å². The highest BCUT2D eigenvalue weighted by atomic mass is 35.5. The van der Waals surface area contributed by atoms with Crippen LogP contribution in [0.15, 0.2) is 18.2 Å². The van der Waals surface area contributed by atoms with Gasteiger partial charge in [-0.25, -0.2) is 4.39 Å². The van der Waals surface area contributed by atoms with Crippen LogP contribution >= 0.6 is 24.0 Å². The van der Waals surface area contributed by atoms with Crippen LogP contribution in [-0.2, 0) is 4.79 Å². The summed E-state index contributed by atoms with van der Waals surface area (Å²) in [6.45, 7) is 1.83. The molecule has 1 heterocycles. The lowest BCUT2D eigenvalue weighted by Gasteiger charge is -2.15. The van der Waals surface area contributed by atoms with E-state index in [4.69, 9.17) is 17.3 Å². The number of likely N-dealkylation sites (tertiary alicyclic amines) is 1. The molecule has 1 saturated heterocycles. The van der Waals surface area contributed by atoms with Crippen LogP contribution in [0.25, 0.3) is 0 Å². The molecule has 1 aliphatic heterocycles. The Labute approximate surface area is 122 Å². The molecule has 1 fully saturated rings. The Bertz CT molecular complexity index is 459. The van der Waals surface area contributed by atoms with Crippen LogP contribution in [0.3, 0.4) is 0 Å². The van der Waals surface area contributed by atoms with Crippen LogP contribution in [0.4, 0.5) is 10.1 Å². The van der Waals surface area contributed by atoms with Gasteiger partial charge in [0.2, 0.25) is 5.91 Å². The summed E-state index contributed by atoms with van der Waals surface area (Å²) < 4.78 is 12.8. The van der Waals surface area contributed by atoms with Crippen LogP contribution < -0.4 is 11.1 Å². The molecule has 0 aliphatic carbocycles. The number of halogens is 3. The van der Waals surface area contributed by atoms with Crippen LogP contribution in [0, 0.1) is 5.82 Å². The Hall–Kier alpha value is -0.880. The third kappa shape index (κ3) is 4.62. The molecule has 0 saturated carbocycles. The van der Waals surface area contributed by atoms with Crippen molar-refractivity contribution in [2.24, 2.45) is 5.73 Å². The number of carbonyl (C=O) groups excluding carboxylic acids is 1. The van der Waals surface area contributed by atoms with Gasteiger partial charge < -0.3 is 11.1 Å². The fourth-order valence-electron chi connectivity index (χ4n) is 1.99. The molecule has 0 aromatic heterocycles. The molecule has 1 atom stereocenters. The van der Waals surface area contributed by atoms with E-state index in [1.54, 1.807) is 0 Å². The molecule has 0 spiro atoms. The Balaban J connectivity index is 0.00000180. The van der Waals surface area contributed by atoms with Gasteiger partial charge in [0.05, 0.1) is 17.3 Å². The normalized spacial score (nSPS) is 19.0. The van der Waals surface area contributed by atoms with E-state index in [9.17, 15) is 9.18 Å². The number of amides is 1. The van der Waals surface area contributed by atoms with Crippen molar-refractivity contribution in [1.82, 2.24) is 4.90 Å². The largest absolute Gasteiger partial charge is 0.326 e. The molecule has 1 aromatic rings. The zero-order valence-corrected chi connectivity index (χ0v) is 11.8. The molecule has 1 aliphatic rings. The first-order valence-electron chi connectivity index (χ1n) is 5.77. The van der Waals surface area contributed by atoms with E-state index < -0.39 is 5.82 Å². The maximum atomic E-state index is 12.8. The third-order valence-corrected chi connectivity index (χ3v) is 3.19. The molecule has 0 radical (unpaired) electrons. The highest BCUT2D eigenvalue weighted by Crippen LogP contribution is 2.22. The van der Waals surface area contributed by atoms with Crippen LogP contribution in [0.5, 0.6) is 0 Å². The maximum Gasteiger partial charge on any atom is 0.238 e. The molecule has 19 heavy (non-hydrogen) atoms. The predicted molar refractivity (Wildman–Crippen MR) is 76.3 cm³/mol. The number of hydrogen-bond acceptors (Lipinski definition) is 3. The Morgan fingerprint density at radius 2 is 2.32 bits per heavy atom. The number of nitrogens with two attached hydrogens (primary N) is 1. The fourth-order valence-corrected chi connectivity index (χ4v) is 2.20. The van der Waals surface area contributed by atoms with Crippen molar-refractivity contribution < 1.29 is 9.18 Å². The molecular formula is C12H16Cl2FN3O. The van der Waals surface area contributed by atoms with Crippen molar-refractivity contribution in [3.63, 3.8) is 0 Å². The van der Waals surface area contributed by atoms with Gasteiger partial charge in [0, 0.05) is 19.1 Å². The second kappa shape index (κ2) is 7.05. The van der Waals surface area contributed by atoms with Crippen molar-refractivity contribution in [1.29, 1.82) is 0 Å². The highest BCUT2D eigenvalue weighted by Gasteiger charge is 2.21. The van der Waals surface area contributed by atoms with E-state index in [2.05, 4.69) is 5.32 Å². The molecule has 1 aromatic carbocycles. The van der Waals surface area contributed by atoms with E-state index >= 15 is 0 Å². The minimum Gasteiger partial charge on any atom is -0.326 e. The first-order valence-corrected chi connectivity index (χ1v) is 6.15. The second-order valence-corrected chi connectivity index (χ2v) is 4.86. The number of hydrogen-bond donors (Lipinski definition) is 2. The molecule has 1 unspecified atom stereocenters. The molecule has 2 rings (SSSR count). The summed E-state index contributed by atoms with van der Waals surface area (Å²) >= 11 is 5.83. The van der Waals surface area contributed by atoms with Crippen molar-refractivity contribution in [2.45, 2.75) is 12.5 Å². The summed E-state index contributed by atoms with van der Waals surface area (Å²) in [5.41, 5.74) is 6.18. The van der Waals surface area contributed by atoms with E-state index in [0.29, 0.717) is 5.69 Å². The van der Waals surface area contributed by atoms with Crippen LogP contribution in [-0.4, -0.2) is 36.5 Å². The topological polar surface area (TPSA) is 58.4 Å². The van der Waals surface area contributed by atoms with E-state index in [-0.39, 0.29) is 35.9 Å². The fraction of sp³-hybridized carbons (Fsp3) is 0.417. The van der Waals surface area contributed by atoms with Crippen molar-refractivity contribution in [3.05, 3.63) is 29.0 Å². The molecule has 3 N–H and O–H groups in total. The quantitative estimate of drug-likeness (QED) is 0.896. The Morgan fingerprint density at radius 1 is 1.58 bits per heavy atom. The van der Waals surface area contributed by atoms with Crippen molar-refractivity contribution >= 4 is 35.6 Å². The Kier molecular flexibility index (Phi) is 6.00. The molecule has 106 valence electrons. The number of anilines is 1. The van der Waals surface area contributed by atoms with Crippen LogP contribution in [0.1, 0.15) is 6.42 Å². The highest BCUT2D eigenvalue weighted by molar-refractivity contribution is 6.33. The smallest absolute Gasteiger partial charge is 0.238 e. The monoisotopic (exact) mass is 307 g/mol. The SMILES string of the molecule is Cl.NC1CCN(CC(=O)Nc2ccc(F)cc2Cl)C1. The zero-order chi connectivity index (χ0) is 13.1. The van der Waals surface area contributed by atoms with Gasteiger partial charge in [-0.15, -0.1) is 12.4 Å². The number of carbonyl (C=O) groups is 1. The van der Waals surface area contributed by atoms with E-state index in [1.165, 1.54) is 18.2 Å². The molecule has 1 amide bonds. The minimum absolute atomic E-state index is 0. The third-order valence-electron chi connectivity index (χ3n) is 2.88. The average Bonchev–Trinajstić information content (AvgIpc) is 2.68. The standard InChI is InChI=1S/C12H15ClFN3O.ClH/c13-10-5-8(14)1-2-11(10)16-12(18)7-17-4-3-9(15)6-17;/h1-2,5,9H,3-4,6-7,15H2,(H,16,18);1H. The van der Waals surface area contributed by atoms with E-state index in [1.807, 2.05) is 4.90 Å². The first kappa shape index (κ1) is 16.2. The number of benzene rings is 1.